The van der Waals surface area contributed by atoms with Crippen molar-refractivity contribution in [1.29, 1.82) is 0 Å². The summed E-state index contributed by atoms with van der Waals surface area (Å²) in [5.74, 6) is -1.43. The number of aromatic amines is 1. The number of nitrogens with zero attached hydrogens (tertiary/aromatic N) is 5. The van der Waals surface area contributed by atoms with Crippen LogP contribution in [0.3, 0.4) is 0 Å². The molecular weight excluding hydrogens is 558 g/mol. The monoisotopic (exact) mass is 581 g/mol. The standard InChI is InChI=1S/C25H23N7O10/c33-10-19-18(34)9-20(42-19)30-12-26-21-22(30)27-24(28-23(21)35)29-25(36)41-11-15(13-5-1-3-7-16(13)31(37)38)14-6-2-4-8-17(14)32(39)40/h1-8,12,15,18-20,33-34H,9-11H2,(H2,27,28,29,35,36)/t18-,19+,20+/m0/s1. The van der Waals surface area contributed by atoms with E-state index < -0.39 is 59.1 Å². The van der Waals surface area contributed by atoms with Crippen molar-refractivity contribution in [3.05, 3.63) is 96.6 Å². The van der Waals surface area contributed by atoms with Gasteiger partial charge in [-0.1, -0.05) is 36.4 Å². The second-order valence-corrected chi connectivity index (χ2v) is 9.26. The maximum atomic E-state index is 12.8. The molecule has 2 aromatic carbocycles. The van der Waals surface area contributed by atoms with Gasteiger partial charge in [-0.15, -0.1) is 0 Å². The summed E-state index contributed by atoms with van der Waals surface area (Å²) in [6.45, 7) is -0.960. The molecule has 1 aliphatic rings. The van der Waals surface area contributed by atoms with Crippen LogP contribution in [-0.4, -0.2) is 71.1 Å². The van der Waals surface area contributed by atoms with Crippen molar-refractivity contribution in [2.45, 2.75) is 30.8 Å². The van der Waals surface area contributed by atoms with E-state index in [4.69, 9.17) is 9.47 Å². The number of para-hydroxylation sites is 2. The van der Waals surface area contributed by atoms with Gasteiger partial charge in [-0.3, -0.25) is 39.9 Å². The molecular formula is C25H23N7O10. The number of hydrogen-bond acceptors (Lipinski definition) is 12. The number of H-pyrrole nitrogens is 1. The highest BCUT2D eigenvalue weighted by molar-refractivity contribution is 5.83. The smallest absolute Gasteiger partial charge is 0.414 e. The number of ether oxygens (including phenoxy) is 2. The first-order chi connectivity index (χ1) is 20.2. The lowest BCUT2D eigenvalue weighted by Crippen LogP contribution is -2.24. The van der Waals surface area contributed by atoms with Gasteiger partial charge in [0.2, 0.25) is 5.95 Å². The summed E-state index contributed by atoms with van der Waals surface area (Å²) in [5, 5.41) is 45.1. The summed E-state index contributed by atoms with van der Waals surface area (Å²) in [5.41, 5.74) is -1.24. The highest BCUT2D eigenvalue weighted by atomic mass is 16.6. The minimum atomic E-state index is -1.11. The van der Waals surface area contributed by atoms with E-state index in [1.165, 1.54) is 59.4 Å². The van der Waals surface area contributed by atoms with Gasteiger partial charge in [0.05, 0.1) is 34.8 Å². The third-order valence-electron chi connectivity index (χ3n) is 6.75. The topological polar surface area (TPSA) is 238 Å². The SMILES string of the molecule is O=C(Nc1nc2c(ncn2[C@H]2C[C@H](O)[C@@H](CO)O2)c(=O)[nH]1)OCC(c1ccccc1[N+](=O)[O-])c1ccccc1[N+](=O)[O-]. The van der Waals surface area contributed by atoms with Gasteiger partial charge in [-0.05, 0) is 0 Å². The first kappa shape index (κ1) is 28.3. The molecule has 42 heavy (non-hydrogen) atoms. The lowest BCUT2D eigenvalue weighted by atomic mass is 9.89. The summed E-state index contributed by atoms with van der Waals surface area (Å²) in [6, 6.07) is 11.2. The van der Waals surface area contributed by atoms with Gasteiger partial charge in [0, 0.05) is 29.7 Å². The zero-order valence-electron chi connectivity index (χ0n) is 21.5. The number of amides is 1. The van der Waals surface area contributed by atoms with Crippen molar-refractivity contribution in [1.82, 2.24) is 19.5 Å². The van der Waals surface area contributed by atoms with E-state index in [1.807, 2.05) is 0 Å². The van der Waals surface area contributed by atoms with E-state index in [1.54, 1.807) is 0 Å². The van der Waals surface area contributed by atoms with Crippen molar-refractivity contribution in [2.75, 3.05) is 18.5 Å². The van der Waals surface area contributed by atoms with Gasteiger partial charge in [0.1, 0.15) is 18.9 Å². The molecule has 1 aliphatic heterocycles. The third kappa shape index (κ3) is 5.51. The molecule has 17 heteroatoms. The van der Waals surface area contributed by atoms with Crippen LogP contribution in [0.2, 0.25) is 0 Å². The van der Waals surface area contributed by atoms with Crippen LogP contribution in [0.5, 0.6) is 0 Å². The molecule has 0 bridgehead atoms. The molecule has 3 atom stereocenters. The van der Waals surface area contributed by atoms with E-state index in [-0.39, 0.29) is 46.0 Å². The number of nitro benzene ring substituents is 2. The molecule has 17 nitrogen and oxygen atoms in total. The van der Waals surface area contributed by atoms with Crippen LogP contribution in [0, 0.1) is 20.2 Å². The van der Waals surface area contributed by atoms with Crippen LogP contribution >= 0.6 is 0 Å². The molecule has 1 amide bonds. The van der Waals surface area contributed by atoms with Gasteiger partial charge in [0.25, 0.3) is 16.9 Å². The van der Waals surface area contributed by atoms with E-state index in [0.717, 1.165) is 0 Å². The highest BCUT2D eigenvalue weighted by Crippen LogP contribution is 2.36. The Bertz CT molecular complexity index is 1660. The van der Waals surface area contributed by atoms with E-state index in [9.17, 15) is 40.0 Å². The van der Waals surface area contributed by atoms with Gasteiger partial charge < -0.3 is 19.7 Å². The summed E-state index contributed by atoms with van der Waals surface area (Å²) in [6.07, 6.45) is -2.33. The third-order valence-corrected chi connectivity index (χ3v) is 6.75. The second-order valence-electron chi connectivity index (χ2n) is 9.26. The largest absolute Gasteiger partial charge is 0.448 e. The number of anilines is 1. The fourth-order valence-electron chi connectivity index (χ4n) is 4.78. The molecule has 2 aromatic heterocycles. The first-order valence-electron chi connectivity index (χ1n) is 12.5. The number of carbonyl (C=O) groups is 1. The van der Waals surface area contributed by atoms with Crippen molar-refractivity contribution in [3.8, 4) is 0 Å². The Morgan fingerprint density at radius 1 is 1.14 bits per heavy atom. The lowest BCUT2D eigenvalue weighted by molar-refractivity contribution is -0.386. The van der Waals surface area contributed by atoms with Crippen LogP contribution < -0.4 is 10.9 Å². The summed E-state index contributed by atoms with van der Waals surface area (Å²) in [7, 11) is 0. The number of aromatic nitrogens is 4. The number of carbonyl (C=O) groups excluding carboxylic acids is 1. The van der Waals surface area contributed by atoms with Crippen LogP contribution in [-0.2, 0) is 9.47 Å². The minimum absolute atomic E-state index is 0.0162. The fourth-order valence-corrected chi connectivity index (χ4v) is 4.78. The van der Waals surface area contributed by atoms with Crippen molar-refractivity contribution in [3.63, 3.8) is 0 Å². The number of imidazole rings is 1. The molecule has 5 rings (SSSR count). The molecule has 4 aromatic rings. The number of nitrogens with one attached hydrogen (secondary N) is 2. The second kappa shape index (κ2) is 11.7. The summed E-state index contributed by atoms with van der Waals surface area (Å²) >= 11 is 0. The molecule has 218 valence electrons. The quantitative estimate of drug-likeness (QED) is 0.164. The number of nitro groups is 2. The normalized spacial score (nSPS) is 18.3. The van der Waals surface area contributed by atoms with E-state index >= 15 is 0 Å². The fraction of sp³-hybridized carbons (Fsp3) is 0.280. The maximum Gasteiger partial charge on any atom is 0.414 e. The molecule has 0 radical (unpaired) electrons. The number of fused-ring (bicyclic) bond motifs is 1. The molecule has 1 fully saturated rings. The Balaban J connectivity index is 1.40. The highest BCUT2D eigenvalue weighted by Gasteiger charge is 2.35. The number of rotatable bonds is 9. The average molecular weight is 581 g/mol. The summed E-state index contributed by atoms with van der Waals surface area (Å²) in [4.78, 5) is 58.1. The predicted octanol–water partition coefficient (Wildman–Crippen LogP) is 1.96. The Kier molecular flexibility index (Phi) is 7.87. The Morgan fingerprint density at radius 3 is 2.33 bits per heavy atom. The molecule has 0 saturated carbocycles. The Labute approximate surface area is 234 Å². The molecule has 1 saturated heterocycles. The van der Waals surface area contributed by atoms with Crippen LogP contribution in [0.25, 0.3) is 11.2 Å². The number of aliphatic hydroxyl groups is 2. The molecule has 3 heterocycles. The maximum absolute atomic E-state index is 12.8. The number of benzene rings is 2. The zero-order chi connectivity index (χ0) is 30.0. The van der Waals surface area contributed by atoms with Crippen LogP contribution in [0.4, 0.5) is 22.1 Å². The Hall–Kier alpha value is -5.26. The lowest BCUT2D eigenvalue weighted by Gasteiger charge is -2.18. The predicted molar refractivity (Wildman–Crippen MR) is 143 cm³/mol. The molecule has 4 N–H and O–H groups in total. The van der Waals surface area contributed by atoms with Crippen molar-refractivity contribution >= 4 is 34.6 Å². The van der Waals surface area contributed by atoms with Gasteiger partial charge in [0.15, 0.2) is 11.2 Å². The number of hydrogen-bond donors (Lipinski definition) is 4. The van der Waals surface area contributed by atoms with E-state index in [2.05, 4.69) is 20.3 Å². The number of aliphatic hydroxyl groups excluding tert-OH is 2. The van der Waals surface area contributed by atoms with Crippen LogP contribution in [0.15, 0.2) is 59.7 Å². The van der Waals surface area contributed by atoms with E-state index in [0.29, 0.717) is 0 Å². The van der Waals surface area contributed by atoms with Gasteiger partial charge >= 0.3 is 6.09 Å². The molecule has 0 unspecified atom stereocenters. The summed E-state index contributed by atoms with van der Waals surface area (Å²) < 4.78 is 12.3. The molecule has 0 aliphatic carbocycles. The average Bonchev–Trinajstić information content (AvgIpc) is 3.56. The Morgan fingerprint density at radius 2 is 1.76 bits per heavy atom. The van der Waals surface area contributed by atoms with Gasteiger partial charge in [-0.2, -0.15) is 4.98 Å². The van der Waals surface area contributed by atoms with Crippen molar-refractivity contribution in [2.24, 2.45) is 0 Å². The molecule has 0 spiro atoms. The zero-order valence-corrected chi connectivity index (χ0v) is 21.5. The minimum Gasteiger partial charge on any atom is -0.448 e. The van der Waals surface area contributed by atoms with Gasteiger partial charge in [-0.25, -0.2) is 9.78 Å². The van der Waals surface area contributed by atoms with Crippen molar-refractivity contribution < 1.29 is 34.3 Å². The first-order valence-corrected chi connectivity index (χ1v) is 12.5. The van der Waals surface area contributed by atoms with Crippen LogP contribution in [0.1, 0.15) is 29.7 Å².